The average Bonchev–Trinajstić information content (AvgIpc) is 2.62. The summed E-state index contributed by atoms with van der Waals surface area (Å²) in [5, 5.41) is 2.90. The molecule has 31 heavy (non-hydrogen) atoms. The van der Waals surface area contributed by atoms with E-state index in [-0.39, 0.29) is 5.04 Å². The van der Waals surface area contributed by atoms with E-state index in [2.05, 4.69) is 39.2 Å². The van der Waals surface area contributed by atoms with Gasteiger partial charge >= 0.3 is 6.09 Å². The molecule has 1 amide bonds. The summed E-state index contributed by atoms with van der Waals surface area (Å²) in [5.74, 6) is 0.650. The standard InChI is InChI=1S/C25H35NO4Si/c1-24(2,3)29-23(28)26-21-16-20(15-18-9-11-19(17-27)12-10-18)13-14-22(21)30-31(7,8)25(4,5)6/h9-14,16-17H,15H2,1-8H3,(H,26,28). The number of hydrogen-bond acceptors (Lipinski definition) is 4. The number of benzene rings is 2. The van der Waals surface area contributed by atoms with Gasteiger partial charge in [0.05, 0.1) is 5.69 Å². The Labute approximate surface area is 187 Å². The topological polar surface area (TPSA) is 64.6 Å². The highest BCUT2D eigenvalue weighted by atomic mass is 28.4. The zero-order valence-electron chi connectivity index (χ0n) is 20.0. The number of hydrogen-bond donors (Lipinski definition) is 1. The van der Waals surface area contributed by atoms with Gasteiger partial charge in [0.25, 0.3) is 8.32 Å². The molecule has 0 spiro atoms. The predicted octanol–water partition coefficient (Wildman–Crippen LogP) is 6.82. The van der Waals surface area contributed by atoms with Crippen molar-refractivity contribution in [3.8, 4) is 5.75 Å². The summed E-state index contributed by atoms with van der Waals surface area (Å²) in [4.78, 5) is 23.4. The van der Waals surface area contributed by atoms with Crippen molar-refractivity contribution >= 4 is 26.4 Å². The predicted molar refractivity (Wildman–Crippen MR) is 129 cm³/mol. The third-order valence-corrected chi connectivity index (χ3v) is 9.72. The quantitative estimate of drug-likeness (QED) is 0.394. The lowest BCUT2D eigenvalue weighted by Gasteiger charge is -2.37. The van der Waals surface area contributed by atoms with E-state index in [4.69, 9.17) is 9.16 Å². The molecule has 2 aromatic carbocycles. The fourth-order valence-corrected chi connectivity index (χ4v) is 3.70. The Kier molecular flexibility index (Phi) is 7.37. The highest BCUT2D eigenvalue weighted by Gasteiger charge is 2.39. The van der Waals surface area contributed by atoms with Crippen molar-refractivity contribution in [2.24, 2.45) is 0 Å². The van der Waals surface area contributed by atoms with Crippen LogP contribution in [0, 0.1) is 0 Å². The largest absolute Gasteiger partial charge is 0.542 e. The summed E-state index contributed by atoms with van der Waals surface area (Å²) in [7, 11) is -2.10. The lowest BCUT2D eigenvalue weighted by Crippen LogP contribution is -2.44. The van der Waals surface area contributed by atoms with Crippen LogP contribution in [0.25, 0.3) is 0 Å². The fourth-order valence-electron chi connectivity index (χ4n) is 2.67. The molecule has 2 rings (SSSR count). The number of rotatable bonds is 6. The molecule has 1 N–H and O–H groups in total. The highest BCUT2D eigenvalue weighted by molar-refractivity contribution is 6.74. The second-order valence-corrected chi connectivity index (χ2v) is 15.1. The van der Waals surface area contributed by atoms with E-state index in [1.807, 2.05) is 51.1 Å². The number of anilines is 1. The number of aldehydes is 1. The van der Waals surface area contributed by atoms with Crippen molar-refractivity contribution in [2.45, 2.75) is 71.7 Å². The minimum Gasteiger partial charge on any atom is -0.542 e. The van der Waals surface area contributed by atoms with Crippen LogP contribution in [-0.4, -0.2) is 26.3 Å². The molecular formula is C25H35NO4Si. The summed E-state index contributed by atoms with van der Waals surface area (Å²) in [6.45, 7) is 16.4. The van der Waals surface area contributed by atoms with Gasteiger partial charge in [0.2, 0.25) is 0 Å². The third-order valence-electron chi connectivity index (χ3n) is 5.37. The fraction of sp³-hybridized carbons (Fsp3) is 0.440. The third kappa shape index (κ3) is 7.24. The molecule has 0 aromatic heterocycles. The Balaban J connectivity index is 2.35. The van der Waals surface area contributed by atoms with Gasteiger partial charge in [-0.3, -0.25) is 10.1 Å². The minimum absolute atomic E-state index is 0.0230. The molecule has 6 heteroatoms. The second kappa shape index (κ2) is 9.26. The normalized spacial score (nSPS) is 12.3. The van der Waals surface area contributed by atoms with Gasteiger partial charge in [-0.25, -0.2) is 4.79 Å². The Morgan fingerprint density at radius 3 is 2.06 bits per heavy atom. The van der Waals surface area contributed by atoms with Gasteiger partial charge < -0.3 is 9.16 Å². The zero-order chi connectivity index (χ0) is 23.4. The van der Waals surface area contributed by atoms with Crippen LogP contribution < -0.4 is 9.74 Å². The van der Waals surface area contributed by atoms with Crippen LogP contribution in [0.1, 0.15) is 63.0 Å². The summed E-state index contributed by atoms with van der Waals surface area (Å²) in [5.41, 5.74) is 2.75. The monoisotopic (exact) mass is 441 g/mol. The van der Waals surface area contributed by atoms with Crippen LogP contribution in [0.5, 0.6) is 5.75 Å². The molecule has 0 saturated carbocycles. The first-order valence-corrected chi connectivity index (χ1v) is 13.5. The van der Waals surface area contributed by atoms with E-state index in [1.165, 1.54) is 0 Å². The Bertz CT molecular complexity index is 922. The molecule has 0 radical (unpaired) electrons. The SMILES string of the molecule is CC(C)(C)OC(=O)Nc1cc(Cc2ccc(C=O)cc2)ccc1O[Si](C)(C)C(C)(C)C. The molecule has 0 unspecified atom stereocenters. The molecule has 0 fully saturated rings. The van der Waals surface area contributed by atoms with Crippen LogP contribution in [0.3, 0.4) is 0 Å². The van der Waals surface area contributed by atoms with Gasteiger partial charge in [0.15, 0.2) is 0 Å². The molecule has 0 aliphatic rings. The van der Waals surface area contributed by atoms with Gasteiger partial charge in [-0.2, -0.15) is 0 Å². The first-order valence-electron chi connectivity index (χ1n) is 10.6. The Morgan fingerprint density at radius 1 is 0.968 bits per heavy atom. The molecule has 0 saturated heterocycles. The maximum Gasteiger partial charge on any atom is 0.412 e. The van der Waals surface area contributed by atoms with Crippen molar-refractivity contribution in [2.75, 3.05) is 5.32 Å². The summed E-state index contributed by atoms with van der Waals surface area (Å²) in [6, 6.07) is 13.3. The number of carbonyl (C=O) groups is 2. The number of carbonyl (C=O) groups excluding carboxylic acids is 2. The maximum absolute atomic E-state index is 12.5. The van der Waals surface area contributed by atoms with Crippen LogP contribution in [0.15, 0.2) is 42.5 Å². The van der Waals surface area contributed by atoms with Crippen LogP contribution in [-0.2, 0) is 11.2 Å². The molecule has 168 valence electrons. The molecular weight excluding hydrogens is 406 g/mol. The van der Waals surface area contributed by atoms with Gasteiger partial charge in [0, 0.05) is 5.56 Å². The van der Waals surface area contributed by atoms with Crippen LogP contribution in [0.4, 0.5) is 10.5 Å². The molecule has 0 aliphatic carbocycles. The first-order chi connectivity index (χ1) is 14.2. The van der Waals surface area contributed by atoms with Crippen molar-refractivity contribution in [3.63, 3.8) is 0 Å². The molecule has 0 atom stereocenters. The molecule has 0 aliphatic heterocycles. The van der Waals surface area contributed by atoms with E-state index < -0.39 is 20.0 Å². The Hall–Kier alpha value is -2.60. The molecule has 0 bridgehead atoms. The highest BCUT2D eigenvalue weighted by Crippen LogP contribution is 2.39. The van der Waals surface area contributed by atoms with Gasteiger partial charge in [-0.15, -0.1) is 0 Å². The molecule has 2 aromatic rings. The Morgan fingerprint density at radius 2 is 1.55 bits per heavy atom. The van der Waals surface area contributed by atoms with Crippen molar-refractivity contribution < 1.29 is 18.8 Å². The van der Waals surface area contributed by atoms with Gasteiger partial charge in [0.1, 0.15) is 17.6 Å². The number of amides is 1. The summed E-state index contributed by atoms with van der Waals surface area (Å²) >= 11 is 0. The van der Waals surface area contributed by atoms with E-state index >= 15 is 0 Å². The van der Waals surface area contributed by atoms with Crippen molar-refractivity contribution in [1.82, 2.24) is 0 Å². The lowest BCUT2D eigenvalue weighted by molar-refractivity contribution is 0.0635. The summed E-state index contributed by atoms with van der Waals surface area (Å²) in [6.07, 6.45) is 0.988. The number of nitrogens with one attached hydrogen (secondary N) is 1. The second-order valence-electron chi connectivity index (χ2n) is 10.4. The smallest absolute Gasteiger partial charge is 0.412 e. The average molecular weight is 442 g/mol. The summed E-state index contributed by atoms with van der Waals surface area (Å²) < 4.78 is 11.9. The van der Waals surface area contributed by atoms with E-state index in [0.717, 1.165) is 17.4 Å². The minimum atomic E-state index is -2.10. The molecule has 5 nitrogen and oxygen atoms in total. The van der Waals surface area contributed by atoms with Crippen molar-refractivity contribution in [3.05, 3.63) is 59.2 Å². The van der Waals surface area contributed by atoms with E-state index in [9.17, 15) is 9.59 Å². The van der Waals surface area contributed by atoms with Gasteiger partial charge in [-0.05, 0) is 68.6 Å². The first kappa shape index (κ1) is 24.7. The maximum atomic E-state index is 12.5. The zero-order valence-corrected chi connectivity index (χ0v) is 21.0. The van der Waals surface area contributed by atoms with E-state index in [1.54, 1.807) is 12.1 Å². The number of ether oxygens (including phenoxy) is 1. The molecule has 0 heterocycles. The van der Waals surface area contributed by atoms with Crippen molar-refractivity contribution in [1.29, 1.82) is 0 Å². The van der Waals surface area contributed by atoms with Crippen LogP contribution in [0.2, 0.25) is 18.1 Å². The van der Waals surface area contributed by atoms with Crippen LogP contribution >= 0.6 is 0 Å². The lowest BCUT2D eigenvalue weighted by atomic mass is 10.0. The van der Waals surface area contributed by atoms with E-state index in [0.29, 0.717) is 23.4 Å². The van der Waals surface area contributed by atoms with Gasteiger partial charge in [-0.1, -0.05) is 51.1 Å².